The van der Waals surface area contributed by atoms with Crippen molar-refractivity contribution in [2.24, 2.45) is 11.3 Å². The second-order valence-electron chi connectivity index (χ2n) is 13.4. The Balaban J connectivity index is 1.81. The molecule has 1 heterocycles. The van der Waals surface area contributed by atoms with Gasteiger partial charge in [-0.3, -0.25) is 14.4 Å². The molecule has 12 nitrogen and oxygen atoms in total. The predicted octanol–water partition coefficient (Wildman–Crippen LogP) is 3.57. The third-order valence-electron chi connectivity index (χ3n) is 9.72. The van der Waals surface area contributed by atoms with Crippen LogP contribution < -0.4 is 0 Å². The number of carbonyl (C=O) groups is 5. The third kappa shape index (κ3) is 5.57. The first-order valence-corrected chi connectivity index (χ1v) is 15.4. The van der Waals surface area contributed by atoms with Crippen molar-refractivity contribution in [3.05, 3.63) is 71.8 Å². The fourth-order valence-electron chi connectivity index (χ4n) is 8.17. The highest BCUT2D eigenvalue weighted by Crippen LogP contribution is 2.69. The smallest absolute Gasteiger partial charge is 0.338 e. The van der Waals surface area contributed by atoms with E-state index in [0.29, 0.717) is 0 Å². The fourth-order valence-corrected chi connectivity index (χ4v) is 8.17. The first-order valence-electron chi connectivity index (χ1n) is 15.4. The minimum absolute atomic E-state index is 0.167. The maximum atomic E-state index is 13.8. The van der Waals surface area contributed by atoms with Gasteiger partial charge in [-0.2, -0.15) is 0 Å². The van der Waals surface area contributed by atoms with E-state index in [1.54, 1.807) is 62.4 Å². The van der Waals surface area contributed by atoms with Crippen LogP contribution in [-0.2, 0) is 42.8 Å². The van der Waals surface area contributed by atoms with Crippen molar-refractivity contribution >= 4 is 29.8 Å². The van der Waals surface area contributed by atoms with Crippen molar-refractivity contribution in [1.29, 1.82) is 0 Å². The highest BCUT2D eigenvalue weighted by Gasteiger charge is 2.87. The maximum Gasteiger partial charge on any atom is 0.338 e. The zero-order chi connectivity index (χ0) is 34.5. The SMILES string of the molecule is CC(=O)O[C@H]1[C@@H]2[C@@H](OC(=O)c3ccccc3)[C@@]3(OC2(C)C)[C@](C)([C@H]1OC(=O)c1ccccc1)[C@@H](OC(C)=O)[C@H](OC(C)=O)C[C@]3(C)O. The Labute approximate surface area is 272 Å². The second kappa shape index (κ2) is 12.1. The van der Waals surface area contributed by atoms with Gasteiger partial charge in [0.2, 0.25) is 0 Å². The summed E-state index contributed by atoms with van der Waals surface area (Å²) in [5, 5.41) is 12.6. The molecule has 0 aromatic heterocycles. The maximum absolute atomic E-state index is 13.8. The summed E-state index contributed by atoms with van der Waals surface area (Å²) in [6.45, 7) is 9.83. The minimum Gasteiger partial charge on any atom is -0.458 e. The van der Waals surface area contributed by atoms with E-state index in [0.717, 1.165) is 13.8 Å². The average Bonchev–Trinajstić information content (AvgIpc) is 3.20. The highest BCUT2D eigenvalue weighted by atomic mass is 16.6. The molecule has 2 bridgehead atoms. The van der Waals surface area contributed by atoms with Crippen molar-refractivity contribution < 1.29 is 57.5 Å². The molecule has 2 aromatic carbocycles. The van der Waals surface area contributed by atoms with Gasteiger partial charge in [0, 0.05) is 27.2 Å². The lowest BCUT2D eigenvalue weighted by molar-refractivity contribution is -0.350. The van der Waals surface area contributed by atoms with E-state index in [9.17, 15) is 29.1 Å². The first-order chi connectivity index (χ1) is 22.0. The van der Waals surface area contributed by atoms with Gasteiger partial charge < -0.3 is 33.5 Å². The number of carbonyl (C=O) groups excluding carboxylic acids is 5. The zero-order valence-electron chi connectivity index (χ0n) is 27.4. The second-order valence-corrected chi connectivity index (χ2v) is 13.4. The molecule has 2 saturated carbocycles. The van der Waals surface area contributed by atoms with Gasteiger partial charge in [-0.1, -0.05) is 36.4 Å². The van der Waals surface area contributed by atoms with Crippen LogP contribution >= 0.6 is 0 Å². The Hall–Kier alpha value is -4.29. The Morgan fingerprint density at radius 3 is 1.60 bits per heavy atom. The number of rotatable bonds is 7. The normalized spacial score (nSPS) is 35.1. The molecule has 5 rings (SSSR count). The summed E-state index contributed by atoms with van der Waals surface area (Å²) in [5.41, 5.74) is -6.82. The van der Waals surface area contributed by atoms with Gasteiger partial charge in [-0.05, 0) is 52.0 Å². The van der Waals surface area contributed by atoms with Crippen molar-refractivity contribution in [1.82, 2.24) is 0 Å². The summed E-state index contributed by atoms with van der Waals surface area (Å²) in [7, 11) is 0. The summed E-state index contributed by atoms with van der Waals surface area (Å²) in [5.74, 6) is -4.84. The van der Waals surface area contributed by atoms with Crippen molar-refractivity contribution in [2.45, 2.75) is 102 Å². The van der Waals surface area contributed by atoms with Crippen LogP contribution in [0.4, 0.5) is 0 Å². The Morgan fingerprint density at radius 2 is 1.13 bits per heavy atom. The minimum atomic E-state index is -2.00. The largest absolute Gasteiger partial charge is 0.458 e. The topological polar surface area (TPSA) is 161 Å². The molecular weight excluding hydrogens is 612 g/mol. The molecule has 3 aliphatic rings. The standard InChI is InChI=1S/C35H40O12/c1-19(36)42-24-18-33(6,41)35-28(45-30(39)22-14-10-8-11-15-22)25(32(4,5)47-35)26(43-20(2)37)29(34(35,7)27(24)44-21(3)38)46-31(40)23-16-12-9-13-17-23/h8-17,24-29,41H,18H2,1-7H3/t24-,25-,26+,27+,28-,29+,33+,34+,35+/m1/s1. The van der Waals surface area contributed by atoms with E-state index < -0.39 is 88.5 Å². The molecule has 1 spiro atoms. The quantitative estimate of drug-likeness (QED) is 0.343. The summed E-state index contributed by atoms with van der Waals surface area (Å²) >= 11 is 0. The number of hydrogen-bond donors (Lipinski definition) is 1. The van der Waals surface area contributed by atoms with Crippen LogP contribution in [0.3, 0.4) is 0 Å². The Morgan fingerprint density at radius 1 is 0.660 bits per heavy atom. The van der Waals surface area contributed by atoms with E-state index in [-0.39, 0.29) is 17.5 Å². The number of fused-ring (bicyclic) bond motifs is 1. The van der Waals surface area contributed by atoms with Crippen LogP contribution in [0.5, 0.6) is 0 Å². The predicted molar refractivity (Wildman–Crippen MR) is 163 cm³/mol. The molecule has 1 N–H and O–H groups in total. The van der Waals surface area contributed by atoms with Crippen LogP contribution in [0, 0.1) is 11.3 Å². The summed E-state index contributed by atoms with van der Waals surface area (Å²) in [6.07, 6.45) is -7.28. The van der Waals surface area contributed by atoms with Crippen LogP contribution in [0.1, 0.15) is 75.6 Å². The fraction of sp³-hybridized carbons (Fsp3) is 0.514. The molecule has 0 radical (unpaired) electrons. The Kier molecular flexibility index (Phi) is 8.74. The molecule has 0 unspecified atom stereocenters. The zero-order valence-corrected chi connectivity index (χ0v) is 27.4. The molecule has 1 aliphatic heterocycles. The van der Waals surface area contributed by atoms with Crippen LogP contribution in [0.15, 0.2) is 60.7 Å². The van der Waals surface area contributed by atoms with Crippen LogP contribution in [0.2, 0.25) is 0 Å². The van der Waals surface area contributed by atoms with E-state index in [1.165, 1.54) is 32.9 Å². The molecular formula is C35H40O12. The molecule has 2 aliphatic carbocycles. The molecule has 3 fully saturated rings. The molecule has 9 atom stereocenters. The van der Waals surface area contributed by atoms with Gasteiger partial charge in [-0.15, -0.1) is 0 Å². The first kappa shape index (κ1) is 34.1. The van der Waals surface area contributed by atoms with Crippen LogP contribution in [-0.4, -0.2) is 82.3 Å². The molecule has 2 aromatic rings. The van der Waals surface area contributed by atoms with E-state index in [1.807, 2.05) is 0 Å². The van der Waals surface area contributed by atoms with Gasteiger partial charge in [0.1, 0.15) is 23.9 Å². The highest BCUT2D eigenvalue weighted by molar-refractivity contribution is 5.90. The molecule has 252 valence electrons. The van der Waals surface area contributed by atoms with Crippen molar-refractivity contribution in [3.63, 3.8) is 0 Å². The third-order valence-corrected chi connectivity index (χ3v) is 9.72. The molecule has 12 heteroatoms. The monoisotopic (exact) mass is 652 g/mol. The Bertz CT molecular complexity index is 1550. The number of hydrogen-bond acceptors (Lipinski definition) is 12. The lowest BCUT2D eigenvalue weighted by Crippen LogP contribution is -2.83. The van der Waals surface area contributed by atoms with E-state index in [4.69, 9.17) is 28.4 Å². The molecule has 0 amide bonds. The van der Waals surface area contributed by atoms with Gasteiger partial charge >= 0.3 is 29.8 Å². The van der Waals surface area contributed by atoms with E-state index in [2.05, 4.69) is 0 Å². The number of benzene rings is 2. The average molecular weight is 653 g/mol. The van der Waals surface area contributed by atoms with Gasteiger partial charge in [-0.25, -0.2) is 9.59 Å². The van der Waals surface area contributed by atoms with Crippen molar-refractivity contribution in [2.75, 3.05) is 0 Å². The lowest BCUT2D eigenvalue weighted by atomic mass is 9.46. The van der Waals surface area contributed by atoms with Gasteiger partial charge in [0.25, 0.3) is 0 Å². The molecule has 1 saturated heterocycles. The summed E-state index contributed by atoms with van der Waals surface area (Å²) < 4.78 is 36.9. The summed E-state index contributed by atoms with van der Waals surface area (Å²) in [6, 6.07) is 16.2. The van der Waals surface area contributed by atoms with Crippen molar-refractivity contribution in [3.8, 4) is 0 Å². The van der Waals surface area contributed by atoms with Crippen LogP contribution in [0.25, 0.3) is 0 Å². The van der Waals surface area contributed by atoms with Gasteiger partial charge in [0.15, 0.2) is 12.2 Å². The number of aliphatic hydroxyl groups is 1. The van der Waals surface area contributed by atoms with Gasteiger partial charge in [0.05, 0.1) is 33.7 Å². The number of esters is 5. The summed E-state index contributed by atoms with van der Waals surface area (Å²) in [4.78, 5) is 65.5. The number of ether oxygens (including phenoxy) is 6. The van der Waals surface area contributed by atoms with E-state index >= 15 is 0 Å². The molecule has 47 heavy (non-hydrogen) atoms. The lowest BCUT2D eigenvalue weighted by Gasteiger charge is -2.65.